The van der Waals surface area contributed by atoms with Crippen molar-refractivity contribution in [1.82, 2.24) is 4.90 Å². The number of hydrogen-bond acceptors (Lipinski definition) is 1. The van der Waals surface area contributed by atoms with Crippen molar-refractivity contribution in [1.29, 1.82) is 0 Å². The van der Waals surface area contributed by atoms with E-state index >= 15 is 0 Å². The van der Waals surface area contributed by atoms with Crippen LogP contribution in [0.5, 0.6) is 0 Å². The molecule has 0 N–H and O–H groups in total. The SMILES string of the molecule is Cc1cccc(CN(C)C2CCCCC2Cl)c1. The lowest BCUT2D eigenvalue weighted by Crippen LogP contribution is -2.40. The third kappa shape index (κ3) is 3.46. The zero-order valence-corrected chi connectivity index (χ0v) is 11.6. The van der Waals surface area contributed by atoms with Gasteiger partial charge in [-0.1, -0.05) is 42.7 Å². The second-order valence-corrected chi connectivity index (χ2v) is 5.83. The van der Waals surface area contributed by atoms with Crippen LogP contribution in [0.25, 0.3) is 0 Å². The van der Waals surface area contributed by atoms with E-state index in [1.807, 2.05) is 0 Å². The van der Waals surface area contributed by atoms with Gasteiger partial charge in [0.2, 0.25) is 0 Å². The number of aryl methyl sites for hydroxylation is 1. The molecule has 0 spiro atoms. The van der Waals surface area contributed by atoms with Crippen molar-refractivity contribution >= 4 is 11.6 Å². The Hall–Kier alpha value is -0.530. The highest BCUT2D eigenvalue weighted by molar-refractivity contribution is 6.21. The maximum absolute atomic E-state index is 6.43. The lowest BCUT2D eigenvalue weighted by Gasteiger charge is -2.35. The van der Waals surface area contributed by atoms with Gasteiger partial charge in [-0.15, -0.1) is 11.6 Å². The minimum absolute atomic E-state index is 0.332. The lowest BCUT2D eigenvalue weighted by molar-refractivity contribution is 0.188. The first-order valence-electron chi connectivity index (χ1n) is 6.56. The molecule has 94 valence electrons. The number of benzene rings is 1. The Bertz CT molecular complexity index is 364. The van der Waals surface area contributed by atoms with Crippen molar-refractivity contribution in [3.63, 3.8) is 0 Å². The molecule has 1 saturated carbocycles. The summed E-state index contributed by atoms with van der Waals surface area (Å²) >= 11 is 6.43. The fraction of sp³-hybridized carbons (Fsp3) is 0.600. The summed E-state index contributed by atoms with van der Waals surface area (Å²) in [6, 6.07) is 9.30. The molecule has 0 bridgehead atoms. The van der Waals surface area contributed by atoms with Gasteiger partial charge in [0.15, 0.2) is 0 Å². The Labute approximate surface area is 110 Å². The third-order valence-electron chi connectivity index (χ3n) is 3.73. The topological polar surface area (TPSA) is 3.24 Å². The van der Waals surface area contributed by atoms with Crippen molar-refractivity contribution in [3.8, 4) is 0 Å². The predicted octanol–water partition coefficient (Wildman–Crippen LogP) is 3.98. The molecule has 2 unspecified atom stereocenters. The predicted molar refractivity (Wildman–Crippen MR) is 74.5 cm³/mol. The largest absolute Gasteiger partial charge is 0.298 e. The highest BCUT2D eigenvalue weighted by atomic mass is 35.5. The summed E-state index contributed by atoms with van der Waals surface area (Å²) in [7, 11) is 2.20. The summed E-state index contributed by atoms with van der Waals surface area (Å²) in [5.74, 6) is 0. The molecule has 0 saturated heterocycles. The normalized spacial score (nSPS) is 25.2. The standard InChI is InChI=1S/C15H22ClN/c1-12-6-5-7-13(10-12)11-17(2)15-9-4-3-8-14(15)16/h5-7,10,14-15H,3-4,8-9,11H2,1-2H3. The smallest absolute Gasteiger partial charge is 0.0491 e. The van der Waals surface area contributed by atoms with Crippen molar-refractivity contribution < 1.29 is 0 Å². The molecule has 0 amide bonds. The summed E-state index contributed by atoms with van der Waals surface area (Å²) in [6.45, 7) is 3.16. The van der Waals surface area contributed by atoms with Gasteiger partial charge in [0.05, 0.1) is 0 Å². The maximum Gasteiger partial charge on any atom is 0.0491 e. The Kier molecular flexibility index (Phi) is 4.47. The van der Waals surface area contributed by atoms with E-state index in [1.54, 1.807) is 0 Å². The summed E-state index contributed by atoms with van der Waals surface area (Å²) in [4.78, 5) is 2.42. The molecule has 1 aromatic rings. The molecule has 0 aliphatic heterocycles. The highest BCUT2D eigenvalue weighted by Crippen LogP contribution is 2.27. The molecule has 2 rings (SSSR count). The molecule has 2 atom stereocenters. The minimum atomic E-state index is 0.332. The van der Waals surface area contributed by atoms with Gasteiger partial charge in [0.25, 0.3) is 0 Å². The van der Waals surface area contributed by atoms with Crippen LogP contribution in [0.3, 0.4) is 0 Å². The first-order chi connectivity index (χ1) is 8.16. The zero-order valence-electron chi connectivity index (χ0n) is 10.8. The van der Waals surface area contributed by atoms with E-state index in [2.05, 4.69) is 43.1 Å². The second-order valence-electron chi connectivity index (χ2n) is 5.27. The quantitative estimate of drug-likeness (QED) is 0.735. The summed E-state index contributed by atoms with van der Waals surface area (Å²) in [6.07, 6.45) is 5.04. The molecular weight excluding hydrogens is 230 g/mol. The highest BCUT2D eigenvalue weighted by Gasteiger charge is 2.26. The fourth-order valence-electron chi connectivity index (χ4n) is 2.78. The molecule has 1 aromatic carbocycles. The lowest BCUT2D eigenvalue weighted by atomic mass is 9.93. The molecule has 1 aliphatic carbocycles. The van der Waals surface area contributed by atoms with Crippen LogP contribution in [0.4, 0.5) is 0 Å². The van der Waals surface area contributed by atoms with E-state index < -0.39 is 0 Å². The van der Waals surface area contributed by atoms with Gasteiger partial charge in [-0.2, -0.15) is 0 Å². The van der Waals surface area contributed by atoms with Crippen LogP contribution in [0, 0.1) is 6.92 Å². The van der Waals surface area contributed by atoms with E-state index in [0.29, 0.717) is 11.4 Å². The Morgan fingerprint density at radius 1 is 1.29 bits per heavy atom. The molecule has 1 aliphatic rings. The van der Waals surface area contributed by atoms with Crippen LogP contribution in [-0.2, 0) is 6.54 Å². The van der Waals surface area contributed by atoms with Crippen molar-refractivity contribution in [2.75, 3.05) is 7.05 Å². The van der Waals surface area contributed by atoms with Gasteiger partial charge >= 0.3 is 0 Å². The first kappa shape index (κ1) is 12.9. The Balaban J connectivity index is 1.98. The summed E-state index contributed by atoms with van der Waals surface area (Å²) in [5, 5.41) is 0.332. The average Bonchev–Trinajstić information content (AvgIpc) is 2.29. The van der Waals surface area contributed by atoms with Crippen molar-refractivity contribution in [2.24, 2.45) is 0 Å². The third-order valence-corrected chi connectivity index (χ3v) is 4.24. The molecular formula is C15H22ClN. The number of alkyl halides is 1. The number of nitrogens with zero attached hydrogens (tertiary/aromatic N) is 1. The molecule has 0 heterocycles. The van der Waals surface area contributed by atoms with Crippen LogP contribution in [-0.4, -0.2) is 23.4 Å². The van der Waals surface area contributed by atoms with E-state index in [1.165, 1.54) is 36.8 Å². The van der Waals surface area contributed by atoms with E-state index in [-0.39, 0.29) is 0 Å². The van der Waals surface area contributed by atoms with Gasteiger partial charge in [0, 0.05) is 18.0 Å². The van der Waals surface area contributed by atoms with Crippen molar-refractivity contribution in [3.05, 3.63) is 35.4 Å². The molecule has 0 aromatic heterocycles. The van der Waals surface area contributed by atoms with Crippen LogP contribution in [0.2, 0.25) is 0 Å². The number of rotatable bonds is 3. The molecule has 0 radical (unpaired) electrons. The van der Waals surface area contributed by atoms with Crippen LogP contribution in [0.1, 0.15) is 36.8 Å². The maximum atomic E-state index is 6.43. The Morgan fingerprint density at radius 3 is 2.76 bits per heavy atom. The van der Waals surface area contributed by atoms with Crippen LogP contribution < -0.4 is 0 Å². The second kappa shape index (κ2) is 5.88. The van der Waals surface area contributed by atoms with Gasteiger partial charge in [-0.3, -0.25) is 4.90 Å². The monoisotopic (exact) mass is 251 g/mol. The molecule has 1 nitrogen and oxygen atoms in total. The van der Waals surface area contributed by atoms with E-state index in [9.17, 15) is 0 Å². The van der Waals surface area contributed by atoms with E-state index in [0.717, 1.165) is 6.54 Å². The average molecular weight is 252 g/mol. The van der Waals surface area contributed by atoms with Gasteiger partial charge in [0.1, 0.15) is 0 Å². The van der Waals surface area contributed by atoms with E-state index in [4.69, 9.17) is 11.6 Å². The number of hydrogen-bond donors (Lipinski definition) is 0. The van der Waals surface area contributed by atoms with Gasteiger partial charge in [-0.25, -0.2) is 0 Å². The first-order valence-corrected chi connectivity index (χ1v) is 7.00. The summed E-state index contributed by atoms with van der Waals surface area (Å²) < 4.78 is 0. The Morgan fingerprint density at radius 2 is 2.06 bits per heavy atom. The zero-order chi connectivity index (χ0) is 12.3. The number of halogens is 1. The van der Waals surface area contributed by atoms with Crippen LogP contribution in [0.15, 0.2) is 24.3 Å². The minimum Gasteiger partial charge on any atom is -0.298 e. The van der Waals surface area contributed by atoms with Gasteiger partial charge in [-0.05, 0) is 32.4 Å². The van der Waals surface area contributed by atoms with Crippen LogP contribution >= 0.6 is 11.6 Å². The molecule has 2 heteroatoms. The van der Waals surface area contributed by atoms with Gasteiger partial charge < -0.3 is 0 Å². The molecule has 17 heavy (non-hydrogen) atoms. The fourth-order valence-corrected chi connectivity index (χ4v) is 3.25. The van der Waals surface area contributed by atoms with Crippen molar-refractivity contribution in [2.45, 2.75) is 50.6 Å². The summed E-state index contributed by atoms with van der Waals surface area (Å²) in [5.41, 5.74) is 2.73. The molecule has 1 fully saturated rings.